The van der Waals surface area contributed by atoms with Crippen molar-refractivity contribution in [1.29, 1.82) is 0 Å². The molecule has 0 N–H and O–H groups in total. The van der Waals surface area contributed by atoms with Gasteiger partial charge in [0.2, 0.25) is 10.5 Å². The zero-order valence-electron chi connectivity index (χ0n) is 19.1. The molecule has 2 aromatic heterocycles. The Balaban J connectivity index is 1.60. The van der Waals surface area contributed by atoms with Gasteiger partial charge in [0.15, 0.2) is 0 Å². The first kappa shape index (κ1) is 22.3. The molecule has 4 aromatic rings. The van der Waals surface area contributed by atoms with Crippen LogP contribution in [0.5, 0.6) is 5.75 Å². The molecule has 0 atom stereocenters. The summed E-state index contributed by atoms with van der Waals surface area (Å²) in [4.78, 5) is 18.1. The molecule has 34 heavy (non-hydrogen) atoms. The largest absolute Gasteiger partial charge is 0.496 e. The lowest BCUT2D eigenvalue weighted by atomic mass is 10.2. The summed E-state index contributed by atoms with van der Waals surface area (Å²) in [6.45, 7) is 5.13. The maximum atomic E-state index is 13.5. The van der Waals surface area contributed by atoms with Gasteiger partial charge in [0, 0.05) is 31.7 Å². The van der Waals surface area contributed by atoms with E-state index in [0.717, 1.165) is 43.0 Å². The number of hydrogen-bond donors (Lipinski definition) is 0. The highest BCUT2D eigenvalue weighted by atomic mass is 32.1. The van der Waals surface area contributed by atoms with Gasteiger partial charge in [0.05, 0.1) is 37.8 Å². The second-order valence-corrected chi connectivity index (χ2v) is 8.74. The molecule has 0 aliphatic carbocycles. The Morgan fingerprint density at radius 2 is 1.76 bits per heavy atom. The molecule has 174 valence electrons. The first-order valence-corrected chi connectivity index (χ1v) is 11.6. The predicted molar refractivity (Wildman–Crippen MR) is 135 cm³/mol. The van der Waals surface area contributed by atoms with Crippen LogP contribution in [0.3, 0.4) is 0 Å². The molecule has 1 aliphatic heterocycles. The molecule has 9 heteroatoms. The number of aromatic nitrogens is 4. The molecule has 1 aliphatic rings. The third-order valence-corrected chi connectivity index (χ3v) is 6.71. The summed E-state index contributed by atoms with van der Waals surface area (Å²) < 4.78 is 11.5. The third kappa shape index (κ3) is 4.01. The molecule has 0 amide bonds. The molecular weight excluding hydrogens is 448 g/mol. The second kappa shape index (κ2) is 9.43. The van der Waals surface area contributed by atoms with Crippen molar-refractivity contribution < 1.29 is 4.74 Å². The molecule has 5 rings (SSSR count). The van der Waals surface area contributed by atoms with Crippen molar-refractivity contribution in [2.45, 2.75) is 13.2 Å². The highest BCUT2D eigenvalue weighted by Crippen LogP contribution is 2.21. The zero-order chi connectivity index (χ0) is 23.7. The van der Waals surface area contributed by atoms with E-state index in [4.69, 9.17) is 28.5 Å². The van der Waals surface area contributed by atoms with E-state index in [9.17, 15) is 4.79 Å². The smallest absolute Gasteiger partial charge is 0.263 e. The van der Waals surface area contributed by atoms with Crippen LogP contribution in [0, 0.1) is 17.1 Å². The number of nitrogens with zero attached hydrogens (tertiary/aromatic N) is 6. The Bertz CT molecular complexity index is 1500. The number of hydrogen-bond acceptors (Lipinski definition) is 6. The minimum absolute atomic E-state index is 0.107. The first-order valence-electron chi connectivity index (χ1n) is 11.2. The number of ether oxygens (including phenoxy) is 1. The number of rotatable bonds is 6. The number of para-hydroxylation sites is 2. The van der Waals surface area contributed by atoms with E-state index < -0.39 is 0 Å². The number of benzene rings is 2. The van der Waals surface area contributed by atoms with Crippen LogP contribution in [-0.4, -0.2) is 68.4 Å². The summed E-state index contributed by atoms with van der Waals surface area (Å²) >= 11 is 5.86. The molecule has 0 saturated carbocycles. The maximum Gasteiger partial charge on any atom is 0.263 e. The fourth-order valence-electron chi connectivity index (χ4n) is 4.51. The molecule has 0 spiro atoms. The Hall–Kier alpha value is -3.45. The number of terminal acetylenes is 1. The van der Waals surface area contributed by atoms with Crippen molar-refractivity contribution in [3.63, 3.8) is 0 Å². The van der Waals surface area contributed by atoms with Gasteiger partial charge < -0.3 is 4.74 Å². The summed E-state index contributed by atoms with van der Waals surface area (Å²) in [7, 11) is 1.63. The highest BCUT2D eigenvalue weighted by Gasteiger charge is 2.20. The Labute approximate surface area is 202 Å². The monoisotopic (exact) mass is 474 g/mol. The molecule has 1 saturated heterocycles. The van der Waals surface area contributed by atoms with Crippen LogP contribution < -0.4 is 10.3 Å². The number of fused-ring (bicyclic) bond motifs is 3. The fraction of sp³-hybridized carbons (Fsp3) is 0.320. The lowest BCUT2D eigenvalue weighted by molar-refractivity contribution is 0.111. The van der Waals surface area contributed by atoms with Crippen molar-refractivity contribution in [3.8, 4) is 18.1 Å². The van der Waals surface area contributed by atoms with Crippen LogP contribution >= 0.6 is 12.2 Å². The summed E-state index contributed by atoms with van der Waals surface area (Å²) in [6.07, 6.45) is 5.45. The summed E-state index contributed by atoms with van der Waals surface area (Å²) in [6, 6.07) is 15.2. The fourth-order valence-corrected chi connectivity index (χ4v) is 4.79. The third-order valence-electron chi connectivity index (χ3n) is 6.32. The first-order chi connectivity index (χ1) is 16.6. The van der Waals surface area contributed by atoms with Gasteiger partial charge in [0.1, 0.15) is 5.75 Å². The van der Waals surface area contributed by atoms with Crippen LogP contribution in [0.25, 0.3) is 16.7 Å². The minimum Gasteiger partial charge on any atom is -0.496 e. The highest BCUT2D eigenvalue weighted by molar-refractivity contribution is 7.71. The van der Waals surface area contributed by atoms with Crippen molar-refractivity contribution in [1.82, 2.24) is 28.5 Å². The number of piperazine rings is 1. The van der Waals surface area contributed by atoms with Gasteiger partial charge in [-0.15, -0.1) is 11.5 Å². The number of methoxy groups -OCH3 is 1. The SMILES string of the molecule is C#CCN1CCN(Cn2nc3n(Cc4ccccc4OC)c(=O)c4ccccc4n3c2=S)CC1. The van der Waals surface area contributed by atoms with Gasteiger partial charge in [-0.25, -0.2) is 4.68 Å². The van der Waals surface area contributed by atoms with Crippen LogP contribution in [0.15, 0.2) is 53.3 Å². The normalized spacial score (nSPS) is 15.1. The van der Waals surface area contributed by atoms with E-state index in [2.05, 4.69) is 15.7 Å². The average molecular weight is 475 g/mol. The van der Waals surface area contributed by atoms with Crippen molar-refractivity contribution in [2.24, 2.45) is 0 Å². The minimum atomic E-state index is -0.107. The van der Waals surface area contributed by atoms with E-state index in [1.807, 2.05) is 57.6 Å². The van der Waals surface area contributed by atoms with E-state index in [1.54, 1.807) is 11.7 Å². The van der Waals surface area contributed by atoms with Gasteiger partial charge in [-0.3, -0.25) is 23.6 Å². The molecular formula is C25H26N6O2S. The summed E-state index contributed by atoms with van der Waals surface area (Å²) in [5.74, 6) is 3.96. The van der Waals surface area contributed by atoms with Gasteiger partial charge in [-0.1, -0.05) is 36.3 Å². The van der Waals surface area contributed by atoms with E-state index in [-0.39, 0.29) is 5.56 Å². The Morgan fingerprint density at radius 1 is 1.06 bits per heavy atom. The Kier molecular flexibility index (Phi) is 6.20. The topological polar surface area (TPSA) is 59.9 Å². The van der Waals surface area contributed by atoms with E-state index in [1.165, 1.54) is 0 Å². The maximum absolute atomic E-state index is 13.5. The van der Waals surface area contributed by atoms with E-state index >= 15 is 0 Å². The molecule has 2 aromatic carbocycles. The molecule has 0 bridgehead atoms. The molecule has 3 heterocycles. The molecule has 0 unspecified atom stereocenters. The summed E-state index contributed by atoms with van der Waals surface area (Å²) in [5.41, 5.74) is 1.55. The lowest BCUT2D eigenvalue weighted by Gasteiger charge is -2.33. The lowest BCUT2D eigenvalue weighted by Crippen LogP contribution is -2.46. The standard InChI is InChI=1S/C25H26N6O2S/c1-3-12-27-13-15-28(16-14-27)18-30-25(34)31-21-10-6-5-9-20(21)23(32)29(24(31)26-30)17-19-8-4-7-11-22(19)33-2/h1,4-11H,12-18H2,2H3. The molecule has 1 fully saturated rings. The van der Waals surface area contributed by atoms with Gasteiger partial charge in [0.25, 0.3) is 5.56 Å². The Morgan fingerprint density at radius 3 is 2.53 bits per heavy atom. The van der Waals surface area contributed by atoms with Crippen LogP contribution in [0.2, 0.25) is 0 Å². The van der Waals surface area contributed by atoms with Crippen LogP contribution in [0.1, 0.15) is 5.56 Å². The molecule has 0 radical (unpaired) electrons. The predicted octanol–water partition coefficient (Wildman–Crippen LogP) is 2.45. The molecule has 8 nitrogen and oxygen atoms in total. The summed E-state index contributed by atoms with van der Waals surface area (Å²) in [5, 5.41) is 5.43. The van der Waals surface area contributed by atoms with E-state index in [0.29, 0.717) is 35.7 Å². The van der Waals surface area contributed by atoms with Gasteiger partial charge in [-0.05, 0) is 30.4 Å². The van der Waals surface area contributed by atoms with Gasteiger partial charge >= 0.3 is 0 Å². The van der Waals surface area contributed by atoms with Crippen molar-refractivity contribution >= 4 is 28.9 Å². The van der Waals surface area contributed by atoms with Crippen LogP contribution in [0.4, 0.5) is 0 Å². The van der Waals surface area contributed by atoms with Crippen molar-refractivity contribution in [3.05, 3.63) is 69.2 Å². The zero-order valence-corrected chi connectivity index (χ0v) is 19.9. The quantitative estimate of drug-likeness (QED) is 0.316. The average Bonchev–Trinajstić information content (AvgIpc) is 3.19. The van der Waals surface area contributed by atoms with Crippen molar-refractivity contribution in [2.75, 3.05) is 39.8 Å². The second-order valence-electron chi connectivity index (χ2n) is 8.38. The van der Waals surface area contributed by atoms with Crippen LogP contribution in [-0.2, 0) is 13.2 Å². The van der Waals surface area contributed by atoms with Gasteiger partial charge in [-0.2, -0.15) is 0 Å².